The monoisotopic (exact) mass is 279 g/mol. The molecular weight excluding hydrogens is 262 g/mol. The van der Waals surface area contributed by atoms with Crippen molar-refractivity contribution in [1.29, 1.82) is 0 Å². The van der Waals surface area contributed by atoms with Crippen LogP contribution in [0.15, 0.2) is 33.0 Å². The van der Waals surface area contributed by atoms with Gasteiger partial charge in [0.05, 0.1) is 5.54 Å². The zero-order chi connectivity index (χ0) is 13.0. The Morgan fingerprint density at radius 1 is 1.22 bits per heavy atom. The van der Waals surface area contributed by atoms with Crippen LogP contribution >= 0.6 is 23.5 Å². The van der Waals surface area contributed by atoms with Gasteiger partial charge in [-0.3, -0.25) is 0 Å². The van der Waals surface area contributed by atoms with Crippen LogP contribution in [0.25, 0.3) is 0 Å². The molecule has 2 nitrogen and oxygen atoms in total. The summed E-state index contributed by atoms with van der Waals surface area (Å²) in [6, 6.07) is 6.33. The minimum atomic E-state index is -0.314. The van der Waals surface area contributed by atoms with Crippen molar-refractivity contribution in [2.45, 2.75) is 41.0 Å². The van der Waals surface area contributed by atoms with Crippen LogP contribution in [-0.2, 0) is 10.3 Å². The normalized spacial score (nSPS) is 17.4. The average molecular weight is 279 g/mol. The zero-order valence-electron chi connectivity index (χ0n) is 10.7. The molecule has 1 aromatic carbocycles. The Balaban J connectivity index is 2.57. The van der Waals surface area contributed by atoms with E-state index in [1.165, 1.54) is 15.4 Å². The molecule has 1 aromatic rings. The molecule has 1 aliphatic carbocycles. The predicted molar refractivity (Wildman–Crippen MR) is 78.3 cm³/mol. The lowest BCUT2D eigenvalue weighted by Gasteiger charge is -2.26. The van der Waals surface area contributed by atoms with E-state index in [1.807, 2.05) is 0 Å². The van der Waals surface area contributed by atoms with Crippen molar-refractivity contribution < 1.29 is 4.79 Å². The number of benzene rings is 1. The van der Waals surface area contributed by atoms with Crippen molar-refractivity contribution in [3.05, 3.63) is 23.8 Å². The molecule has 96 valence electrons. The molecule has 0 aromatic heterocycles. The van der Waals surface area contributed by atoms with Crippen LogP contribution in [0.3, 0.4) is 0 Å². The summed E-state index contributed by atoms with van der Waals surface area (Å²) in [6.07, 6.45) is 10.2. The number of rotatable bonds is 4. The van der Waals surface area contributed by atoms with Gasteiger partial charge in [0.25, 0.3) is 0 Å². The van der Waals surface area contributed by atoms with Crippen molar-refractivity contribution in [1.82, 2.24) is 0 Å². The highest BCUT2D eigenvalue weighted by Gasteiger charge is 2.37. The molecule has 0 N–H and O–H groups in total. The smallest absolute Gasteiger partial charge is 0.211 e. The number of nitrogens with zero attached hydrogens (tertiary/aromatic N) is 1. The molecule has 0 bridgehead atoms. The molecule has 0 amide bonds. The van der Waals surface area contributed by atoms with Gasteiger partial charge in [0.15, 0.2) is 0 Å². The third-order valence-electron chi connectivity index (χ3n) is 3.59. The standard InChI is InChI=1S/C14H17NOS2/c1-17-12-7-5-6-11(13(12)18-2)14(15-10-16)8-3-4-9-14/h5-7H,3-4,8-9H2,1-2H3. The summed E-state index contributed by atoms with van der Waals surface area (Å²) in [5, 5.41) is 0. The van der Waals surface area contributed by atoms with E-state index in [2.05, 4.69) is 35.7 Å². The molecule has 0 heterocycles. The largest absolute Gasteiger partial charge is 0.235 e. The van der Waals surface area contributed by atoms with Gasteiger partial charge < -0.3 is 0 Å². The number of carbonyl (C=O) groups excluding carboxylic acids is 1. The maximum absolute atomic E-state index is 10.8. The average Bonchev–Trinajstić information content (AvgIpc) is 2.87. The first kappa shape index (κ1) is 13.7. The van der Waals surface area contributed by atoms with Crippen LogP contribution in [0, 0.1) is 0 Å². The summed E-state index contributed by atoms with van der Waals surface area (Å²) in [6.45, 7) is 0. The highest BCUT2D eigenvalue weighted by Crippen LogP contribution is 2.47. The molecule has 1 saturated carbocycles. The van der Waals surface area contributed by atoms with Gasteiger partial charge >= 0.3 is 0 Å². The molecule has 0 saturated heterocycles. The summed E-state index contributed by atoms with van der Waals surface area (Å²) >= 11 is 3.50. The van der Waals surface area contributed by atoms with Crippen LogP contribution in [0.4, 0.5) is 0 Å². The fourth-order valence-electron chi connectivity index (χ4n) is 2.74. The Bertz CT molecular complexity index is 475. The molecule has 1 fully saturated rings. The molecule has 0 radical (unpaired) electrons. The zero-order valence-corrected chi connectivity index (χ0v) is 12.4. The highest BCUT2D eigenvalue weighted by atomic mass is 32.2. The summed E-state index contributed by atoms with van der Waals surface area (Å²) in [5.74, 6) is 0. The molecule has 0 unspecified atom stereocenters. The van der Waals surface area contributed by atoms with Gasteiger partial charge in [-0.25, -0.2) is 4.79 Å². The molecule has 4 heteroatoms. The van der Waals surface area contributed by atoms with Crippen LogP contribution in [0.1, 0.15) is 31.2 Å². The minimum absolute atomic E-state index is 0.314. The third kappa shape index (κ3) is 2.37. The van der Waals surface area contributed by atoms with Crippen LogP contribution in [0.5, 0.6) is 0 Å². The van der Waals surface area contributed by atoms with E-state index in [0.717, 1.165) is 25.7 Å². The van der Waals surface area contributed by atoms with Gasteiger partial charge in [-0.15, -0.1) is 23.5 Å². The lowest BCUT2D eigenvalue weighted by Crippen LogP contribution is -2.20. The van der Waals surface area contributed by atoms with E-state index in [1.54, 1.807) is 29.6 Å². The minimum Gasteiger partial charge on any atom is -0.211 e. The van der Waals surface area contributed by atoms with Crippen molar-refractivity contribution in [3.63, 3.8) is 0 Å². The van der Waals surface area contributed by atoms with Crippen molar-refractivity contribution in [2.24, 2.45) is 4.99 Å². The van der Waals surface area contributed by atoms with Gasteiger partial charge in [0.2, 0.25) is 6.08 Å². The Kier molecular flexibility index (Phi) is 4.55. The van der Waals surface area contributed by atoms with E-state index in [4.69, 9.17) is 0 Å². The molecule has 18 heavy (non-hydrogen) atoms. The lowest BCUT2D eigenvalue weighted by atomic mass is 9.89. The fraction of sp³-hybridized carbons (Fsp3) is 0.500. The van der Waals surface area contributed by atoms with E-state index >= 15 is 0 Å². The summed E-state index contributed by atoms with van der Waals surface area (Å²) in [7, 11) is 0. The Hall–Kier alpha value is -0.700. The first-order chi connectivity index (χ1) is 8.77. The molecular formula is C14H17NOS2. The molecule has 0 spiro atoms. The number of hydrogen-bond acceptors (Lipinski definition) is 4. The van der Waals surface area contributed by atoms with Gasteiger partial charge in [-0.05, 0) is 37.0 Å². The topological polar surface area (TPSA) is 29.4 Å². The van der Waals surface area contributed by atoms with Crippen LogP contribution < -0.4 is 0 Å². The summed E-state index contributed by atoms with van der Waals surface area (Å²) in [5.41, 5.74) is 0.897. The van der Waals surface area contributed by atoms with Crippen molar-refractivity contribution in [2.75, 3.05) is 12.5 Å². The second-order valence-electron chi connectivity index (χ2n) is 4.48. The molecule has 0 aliphatic heterocycles. The number of thioether (sulfide) groups is 2. The summed E-state index contributed by atoms with van der Waals surface area (Å²) in [4.78, 5) is 17.5. The van der Waals surface area contributed by atoms with Crippen molar-refractivity contribution in [3.8, 4) is 0 Å². The van der Waals surface area contributed by atoms with E-state index in [-0.39, 0.29) is 5.54 Å². The first-order valence-corrected chi connectivity index (χ1v) is 8.53. The van der Waals surface area contributed by atoms with Crippen LogP contribution in [-0.4, -0.2) is 18.6 Å². The lowest BCUT2D eigenvalue weighted by molar-refractivity contribution is 0.447. The number of hydrogen-bond donors (Lipinski definition) is 0. The van der Waals surface area contributed by atoms with E-state index < -0.39 is 0 Å². The SMILES string of the molecule is CSc1cccc(C2(N=C=O)CCCC2)c1SC. The van der Waals surface area contributed by atoms with Gasteiger partial charge in [-0.2, -0.15) is 4.99 Å². The second-order valence-corrected chi connectivity index (χ2v) is 6.15. The van der Waals surface area contributed by atoms with E-state index in [9.17, 15) is 4.79 Å². The Morgan fingerprint density at radius 3 is 2.50 bits per heavy atom. The van der Waals surface area contributed by atoms with Gasteiger partial charge in [0.1, 0.15) is 0 Å². The van der Waals surface area contributed by atoms with Gasteiger partial charge in [0, 0.05) is 9.79 Å². The quantitative estimate of drug-likeness (QED) is 0.469. The fourth-order valence-corrected chi connectivity index (χ4v) is 4.50. The van der Waals surface area contributed by atoms with Crippen LogP contribution in [0.2, 0.25) is 0 Å². The molecule has 0 atom stereocenters. The van der Waals surface area contributed by atoms with E-state index in [0.29, 0.717) is 0 Å². The molecule has 2 rings (SSSR count). The maximum atomic E-state index is 10.8. The Morgan fingerprint density at radius 2 is 1.94 bits per heavy atom. The second kappa shape index (κ2) is 5.96. The third-order valence-corrected chi connectivity index (χ3v) is 5.35. The highest BCUT2D eigenvalue weighted by molar-refractivity contribution is 8.01. The first-order valence-electron chi connectivity index (χ1n) is 6.08. The predicted octanol–water partition coefficient (Wildman–Crippen LogP) is 4.24. The van der Waals surface area contributed by atoms with Gasteiger partial charge in [-0.1, -0.05) is 25.0 Å². The maximum Gasteiger partial charge on any atom is 0.235 e. The number of aliphatic imine (C=N–C) groups is 1. The Labute approximate surface area is 117 Å². The summed E-state index contributed by atoms with van der Waals surface area (Å²) < 4.78 is 0. The molecule has 1 aliphatic rings. The van der Waals surface area contributed by atoms with Crippen molar-refractivity contribution >= 4 is 29.6 Å². The number of isocyanates is 1.